The number of ether oxygens (including phenoxy) is 1. The van der Waals surface area contributed by atoms with E-state index in [1.807, 2.05) is 0 Å². The predicted molar refractivity (Wildman–Crippen MR) is 61.0 cm³/mol. The van der Waals surface area contributed by atoms with Crippen molar-refractivity contribution in [3.63, 3.8) is 0 Å². The maximum absolute atomic E-state index is 11.8. The minimum Gasteiger partial charge on any atom is -0.455 e. The fourth-order valence-corrected chi connectivity index (χ4v) is 2.79. The highest BCUT2D eigenvalue weighted by molar-refractivity contribution is 5.82. The molecule has 1 amide bonds. The lowest BCUT2D eigenvalue weighted by Crippen LogP contribution is -2.32. The first-order chi connectivity index (χ1) is 8.22. The summed E-state index contributed by atoms with van der Waals surface area (Å²) in [4.78, 5) is 23.2. The summed E-state index contributed by atoms with van der Waals surface area (Å²) in [7, 11) is 0. The molecule has 3 rings (SSSR count). The van der Waals surface area contributed by atoms with E-state index in [1.54, 1.807) is 0 Å². The van der Waals surface area contributed by atoms with Crippen molar-refractivity contribution < 1.29 is 14.3 Å². The molecule has 4 nitrogen and oxygen atoms in total. The molecule has 3 aliphatic rings. The van der Waals surface area contributed by atoms with Crippen molar-refractivity contribution in [2.45, 2.75) is 31.7 Å². The Morgan fingerprint density at radius 2 is 2.06 bits per heavy atom. The van der Waals surface area contributed by atoms with Crippen LogP contribution in [0.1, 0.15) is 25.7 Å². The van der Waals surface area contributed by atoms with Gasteiger partial charge in [-0.1, -0.05) is 12.2 Å². The van der Waals surface area contributed by atoms with Gasteiger partial charge in [0, 0.05) is 6.04 Å². The number of hydrogen-bond acceptors (Lipinski definition) is 3. The number of allylic oxidation sites excluding steroid dienone is 2. The first-order valence-corrected chi connectivity index (χ1v) is 6.36. The fraction of sp³-hybridized carbons (Fsp3) is 0.692. The summed E-state index contributed by atoms with van der Waals surface area (Å²) < 4.78 is 5.08. The Morgan fingerprint density at radius 1 is 1.24 bits per heavy atom. The summed E-state index contributed by atoms with van der Waals surface area (Å²) in [6.07, 6.45) is 8.38. The lowest BCUT2D eigenvalue weighted by Gasteiger charge is -2.16. The van der Waals surface area contributed by atoms with Crippen LogP contribution >= 0.6 is 0 Å². The molecular weight excluding hydrogens is 218 g/mol. The first-order valence-electron chi connectivity index (χ1n) is 6.36. The topological polar surface area (TPSA) is 55.4 Å². The second kappa shape index (κ2) is 4.17. The third-order valence-electron chi connectivity index (χ3n) is 3.87. The van der Waals surface area contributed by atoms with E-state index in [-0.39, 0.29) is 24.4 Å². The molecule has 17 heavy (non-hydrogen) atoms. The molecule has 2 saturated carbocycles. The van der Waals surface area contributed by atoms with Gasteiger partial charge in [0.05, 0.1) is 5.92 Å². The van der Waals surface area contributed by atoms with Gasteiger partial charge in [-0.15, -0.1) is 0 Å². The van der Waals surface area contributed by atoms with Gasteiger partial charge in [-0.25, -0.2) is 0 Å². The number of fused-ring (bicyclic) bond motifs is 2. The third kappa shape index (κ3) is 2.35. The Morgan fingerprint density at radius 3 is 2.65 bits per heavy atom. The lowest BCUT2D eigenvalue weighted by molar-refractivity contribution is -0.153. The van der Waals surface area contributed by atoms with Crippen LogP contribution in [0.3, 0.4) is 0 Å². The highest BCUT2D eigenvalue weighted by Crippen LogP contribution is 2.43. The molecule has 0 aromatic carbocycles. The standard InChI is InChI=1S/C13H17NO3/c15-12(14-10-3-4-10)7-17-13(16)11-6-8-1-2-9(11)5-8/h1-2,8-11H,3-7H2,(H,14,15). The monoisotopic (exact) mass is 235 g/mol. The number of hydrogen-bond donors (Lipinski definition) is 1. The molecule has 0 saturated heterocycles. The Bertz CT molecular complexity index is 373. The van der Waals surface area contributed by atoms with Gasteiger partial charge >= 0.3 is 5.97 Å². The number of esters is 1. The maximum atomic E-state index is 11.8. The van der Waals surface area contributed by atoms with E-state index in [1.165, 1.54) is 0 Å². The SMILES string of the molecule is O=C(COC(=O)C1CC2C=CC1C2)NC1CC1. The van der Waals surface area contributed by atoms with E-state index in [0.29, 0.717) is 17.9 Å². The van der Waals surface area contributed by atoms with Crippen LogP contribution in [0.25, 0.3) is 0 Å². The molecule has 4 heteroatoms. The number of nitrogens with one attached hydrogen (secondary N) is 1. The molecular formula is C13H17NO3. The molecule has 0 aromatic heterocycles. The minimum atomic E-state index is -0.201. The van der Waals surface area contributed by atoms with Crippen molar-refractivity contribution in [3.8, 4) is 0 Å². The Labute approximate surface area is 100 Å². The summed E-state index contributed by atoms with van der Waals surface area (Å²) in [6, 6.07) is 0.326. The molecule has 1 N–H and O–H groups in total. The molecule has 0 spiro atoms. The van der Waals surface area contributed by atoms with Gasteiger partial charge in [-0.05, 0) is 37.5 Å². The van der Waals surface area contributed by atoms with Crippen molar-refractivity contribution in [2.24, 2.45) is 17.8 Å². The van der Waals surface area contributed by atoms with Crippen molar-refractivity contribution in [1.29, 1.82) is 0 Å². The highest BCUT2D eigenvalue weighted by atomic mass is 16.5. The van der Waals surface area contributed by atoms with Crippen LogP contribution in [0.15, 0.2) is 12.2 Å². The van der Waals surface area contributed by atoms with Crippen molar-refractivity contribution >= 4 is 11.9 Å². The second-order valence-electron chi connectivity index (χ2n) is 5.34. The number of amides is 1. The minimum absolute atomic E-state index is 0.0151. The molecule has 3 unspecified atom stereocenters. The van der Waals surface area contributed by atoms with Crippen LogP contribution in [-0.4, -0.2) is 24.5 Å². The van der Waals surface area contributed by atoms with Crippen LogP contribution < -0.4 is 5.32 Å². The summed E-state index contributed by atoms with van der Waals surface area (Å²) in [5.74, 6) is 0.517. The molecule has 0 aliphatic heterocycles. The molecule has 2 bridgehead atoms. The summed E-state index contributed by atoms with van der Waals surface area (Å²) in [5.41, 5.74) is 0. The van der Waals surface area contributed by atoms with Crippen LogP contribution in [0.2, 0.25) is 0 Å². The van der Waals surface area contributed by atoms with Gasteiger partial charge in [-0.2, -0.15) is 0 Å². The van der Waals surface area contributed by atoms with Gasteiger partial charge in [0.2, 0.25) is 0 Å². The summed E-state index contributed by atoms with van der Waals surface area (Å²) in [5, 5.41) is 2.80. The Hall–Kier alpha value is -1.32. The second-order valence-corrected chi connectivity index (χ2v) is 5.34. The lowest BCUT2D eigenvalue weighted by atomic mass is 9.94. The van der Waals surface area contributed by atoms with Crippen LogP contribution in [0.5, 0.6) is 0 Å². The molecule has 3 atom stereocenters. The molecule has 3 aliphatic carbocycles. The van der Waals surface area contributed by atoms with E-state index in [9.17, 15) is 9.59 Å². The van der Waals surface area contributed by atoms with E-state index in [2.05, 4.69) is 17.5 Å². The van der Waals surface area contributed by atoms with Crippen molar-refractivity contribution in [3.05, 3.63) is 12.2 Å². The maximum Gasteiger partial charge on any atom is 0.310 e. The Kier molecular flexibility index (Phi) is 2.65. The normalized spacial score (nSPS) is 33.8. The zero-order chi connectivity index (χ0) is 11.8. The zero-order valence-corrected chi connectivity index (χ0v) is 9.72. The smallest absolute Gasteiger partial charge is 0.310 e. The van der Waals surface area contributed by atoms with E-state index in [4.69, 9.17) is 4.74 Å². The quantitative estimate of drug-likeness (QED) is 0.584. The van der Waals surface area contributed by atoms with Crippen molar-refractivity contribution in [2.75, 3.05) is 6.61 Å². The van der Waals surface area contributed by atoms with Crippen LogP contribution in [0, 0.1) is 17.8 Å². The van der Waals surface area contributed by atoms with E-state index >= 15 is 0 Å². The Balaban J connectivity index is 1.44. The molecule has 0 radical (unpaired) electrons. The van der Waals surface area contributed by atoms with Gasteiger partial charge in [0.15, 0.2) is 6.61 Å². The van der Waals surface area contributed by atoms with Crippen LogP contribution in [0.4, 0.5) is 0 Å². The average molecular weight is 235 g/mol. The number of carbonyl (C=O) groups is 2. The first kappa shape index (κ1) is 10.8. The molecule has 0 heterocycles. The van der Waals surface area contributed by atoms with Gasteiger partial charge < -0.3 is 10.1 Å². The largest absolute Gasteiger partial charge is 0.455 e. The van der Waals surface area contributed by atoms with Crippen molar-refractivity contribution in [1.82, 2.24) is 5.32 Å². The van der Waals surface area contributed by atoms with Gasteiger partial charge in [-0.3, -0.25) is 9.59 Å². The summed E-state index contributed by atoms with van der Waals surface area (Å²) in [6.45, 7) is -0.118. The third-order valence-corrected chi connectivity index (χ3v) is 3.87. The number of rotatable bonds is 4. The van der Waals surface area contributed by atoms with E-state index in [0.717, 1.165) is 25.7 Å². The molecule has 0 aromatic rings. The van der Waals surface area contributed by atoms with Gasteiger partial charge in [0.1, 0.15) is 0 Å². The fourth-order valence-electron chi connectivity index (χ4n) is 2.79. The van der Waals surface area contributed by atoms with E-state index < -0.39 is 0 Å². The van der Waals surface area contributed by atoms with Gasteiger partial charge in [0.25, 0.3) is 5.91 Å². The average Bonchev–Trinajstić information content (AvgIpc) is 2.89. The van der Waals surface area contributed by atoms with Crippen LogP contribution in [-0.2, 0) is 14.3 Å². The number of carbonyl (C=O) groups excluding carboxylic acids is 2. The molecule has 92 valence electrons. The predicted octanol–water partition coefficient (Wildman–Crippen LogP) is 1.02. The molecule has 2 fully saturated rings. The highest BCUT2D eigenvalue weighted by Gasteiger charge is 2.40. The summed E-state index contributed by atoms with van der Waals surface area (Å²) >= 11 is 0. The zero-order valence-electron chi connectivity index (χ0n) is 9.72.